The highest BCUT2D eigenvalue weighted by molar-refractivity contribution is 5.87. The van der Waals surface area contributed by atoms with Crippen molar-refractivity contribution in [1.82, 2.24) is 15.0 Å². The first-order valence-electron chi connectivity index (χ1n) is 6.56. The van der Waals surface area contributed by atoms with E-state index in [1.54, 1.807) is 13.0 Å². The molecule has 0 unspecified atom stereocenters. The number of carbonyl (C=O) groups is 1. The van der Waals surface area contributed by atoms with Gasteiger partial charge in [-0.2, -0.15) is 0 Å². The molecule has 6 nitrogen and oxygen atoms in total. The van der Waals surface area contributed by atoms with Gasteiger partial charge in [-0.25, -0.2) is 4.79 Å². The second-order valence-electron chi connectivity index (χ2n) is 4.57. The Bertz CT molecular complexity index is 390. The summed E-state index contributed by atoms with van der Waals surface area (Å²) < 4.78 is 10.0. The summed E-state index contributed by atoms with van der Waals surface area (Å²) in [6, 6.07) is 1.65. The summed E-state index contributed by atoms with van der Waals surface area (Å²) in [5.74, 6) is 0.248. The van der Waals surface area contributed by atoms with Crippen LogP contribution in [0.25, 0.3) is 0 Å². The fourth-order valence-electron chi connectivity index (χ4n) is 1.60. The Kier molecular flexibility index (Phi) is 6.52. The minimum atomic E-state index is -0.436. The molecule has 1 aromatic rings. The van der Waals surface area contributed by atoms with E-state index in [0.717, 1.165) is 19.6 Å². The minimum absolute atomic E-state index is 0.237. The van der Waals surface area contributed by atoms with Gasteiger partial charge < -0.3 is 14.2 Å². The highest BCUT2D eigenvalue weighted by atomic mass is 16.5. The van der Waals surface area contributed by atoms with Crippen LogP contribution in [0.5, 0.6) is 0 Å². The maximum atomic E-state index is 11.5. The first-order valence-corrected chi connectivity index (χ1v) is 6.56. The van der Waals surface area contributed by atoms with Gasteiger partial charge in [0.15, 0.2) is 11.5 Å². The van der Waals surface area contributed by atoms with Crippen molar-refractivity contribution in [2.24, 2.45) is 0 Å². The molecule has 0 saturated carbocycles. The molecule has 0 amide bonds. The van der Waals surface area contributed by atoms with Crippen molar-refractivity contribution in [3.63, 3.8) is 0 Å². The van der Waals surface area contributed by atoms with Crippen molar-refractivity contribution in [1.29, 1.82) is 0 Å². The van der Waals surface area contributed by atoms with E-state index < -0.39 is 5.97 Å². The molecule has 0 saturated heterocycles. The van der Waals surface area contributed by atoms with E-state index in [0.29, 0.717) is 18.9 Å². The van der Waals surface area contributed by atoms with Gasteiger partial charge in [0.2, 0.25) is 0 Å². The third-order valence-corrected chi connectivity index (χ3v) is 2.73. The largest absolute Gasteiger partial charge is 0.461 e. The highest BCUT2D eigenvalue weighted by Gasteiger charge is 2.15. The van der Waals surface area contributed by atoms with E-state index in [4.69, 9.17) is 9.26 Å². The van der Waals surface area contributed by atoms with E-state index in [-0.39, 0.29) is 5.69 Å². The monoisotopic (exact) mass is 269 g/mol. The number of hydrogen-bond acceptors (Lipinski definition) is 6. The standard InChI is InChI=1S/C13H23N3O3/c1-5-16(8-7-15(3)4)10-11-9-12(14-19-11)13(17)18-6-2/h9H,5-8,10H2,1-4H3. The van der Waals surface area contributed by atoms with Crippen molar-refractivity contribution in [2.45, 2.75) is 20.4 Å². The van der Waals surface area contributed by atoms with Gasteiger partial charge in [0.25, 0.3) is 0 Å². The summed E-state index contributed by atoms with van der Waals surface area (Å²) in [4.78, 5) is 15.8. The molecule has 0 aliphatic heterocycles. The summed E-state index contributed by atoms with van der Waals surface area (Å²) in [7, 11) is 4.09. The zero-order valence-electron chi connectivity index (χ0n) is 12.2. The lowest BCUT2D eigenvalue weighted by atomic mass is 10.3. The van der Waals surface area contributed by atoms with Gasteiger partial charge in [-0.15, -0.1) is 0 Å². The SMILES string of the molecule is CCOC(=O)c1cc(CN(CC)CCN(C)C)on1. The van der Waals surface area contributed by atoms with E-state index in [2.05, 4.69) is 21.9 Å². The molecule has 6 heteroatoms. The molecule has 1 aromatic heterocycles. The summed E-state index contributed by atoms with van der Waals surface area (Å²) in [5, 5.41) is 3.73. The average Bonchev–Trinajstić information content (AvgIpc) is 2.83. The highest BCUT2D eigenvalue weighted by Crippen LogP contribution is 2.08. The summed E-state index contributed by atoms with van der Waals surface area (Å²) in [6.07, 6.45) is 0. The number of ether oxygens (including phenoxy) is 1. The van der Waals surface area contributed by atoms with E-state index in [9.17, 15) is 4.79 Å². The van der Waals surface area contributed by atoms with Crippen LogP contribution in [0.15, 0.2) is 10.6 Å². The normalized spacial score (nSPS) is 11.3. The second kappa shape index (κ2) is 7.91. The predicted octanol–water partition coefficient (Wildman–Crippen LogP) is 1.23. The van der Waals surface area contributed by atoms with Gasteiger partial charge in [-0.3, -0.25) is 4.90 Å². The van der Waals surface area contributed by atoms with E-state index >= 15 is 0 Å². The number of rotatable bonds is 8. The van der Waals surface area contributed by atoms with Crippen LogP contribution in [-0.2, 0) is 11.3 Å². The van der Waals surface area contributed by atoms with Gasteiger partial charge in [0.05, 0.1) is 13.2 Å². The fraction of sp³-hybridized carbons (Fsp3) is 0.692. The Labute approximate surface area is 114 Å². The molecule has 108 valence electrons. The van der Waals surface area contributed by atoms with Gasteiger partial charge >= 0.3 is 5.97 Å². The minimum Gasteiger partial charge on any atom is -0.461 e. The first-order chi connectivity index (χ1) is 9.06. The Morgan fingerprint density at radius 1 is 1.37 bits per heavy atom. The van der Waals surface area contributed by atoms with Gasteiger partial charge in [0.1, 0.15) is 0 Å². The smallest absolute Gasteiger partial charge is 0.360 e. The lowest BCUT2D eigenvalue weighted by molar-refractivity contribution is 0.0514. The molecule has 0 bridgehead atoms. The predicted molar refractivity (Wildman–Crippen MR) is 72.0 cm³/mol. The molecule has 1 rings (SSSR count). The topological polar surface area (TPSA) is 58.8 Å². The van der Waals surface area contributed by atoms with Crippen LogP contribution in [0.2, 0.25) is 0 Å². The lowest BCUT2D eigenvalue weighted by Crippen LogP contribution is -2.31. The zero-order valence-corrected chi connectivity index (χ0v) is 12.2. The van der Waals surface area contributed by atoms with Gasteiger partial charge in [-0.1, -0.05) is 12.1 Å². The van der Waals surface area contributed by atoms with Crippen molar-refractivity contribution >= 4 is 5.97 Å². The molecular weight excluding hydrogens is 246 g/mol. The molecular formula is C13H23N3O3. The van der Waals surface area contributed by atoms with Crippen LogP contribution >= 0.6 is 0 Å². The van der Waals surface area contributed by atoms with Crippen molar-refractivity contribution in [3.8, 4) is 0 Å². The van der Waals surface area contributed by atoms with Gasteiger partial charge in [-0.05, 0) is 27.6 Å². The van der Waals surface area contributed by atoms with Crippen LogP contribution in [0.1, 0.15) is 30.1 Å². The molecule has 0 aromatic carbocycles. The van der Waals surface area contributed by atoms with Crippen LogP contribution in [0.3, 0.4) is 0 Å². The van der Waals surface area contributed by atoms with Crippen LogP contribution in [0.4, 0.5) is 0 Å². The maximum absolute atomic E-state index is 11.5. The van der Waals surface area contributed by atoms with E-state index in [1.165, 1.54) is 0 Å². The Morgan fingerprint density at radius 3 is 2.68 bits per heavy atom. The molecule has 0 N–H and O–H groups in total. The molecule has 0 aliphatic carbocycles. The molecule has 0 fully saturated rings. The Balaban J connectivity index is 2.53. The number of hydrogen-bond donors (Lipinski definition) is 0. The first kappa shape index (κ1) is 15.7. The third kappa shape index (κ3) is 5.40. The average molecular weight is 269 g/mol. The second-order valence-corrected chi connectivity index (χ2v) is 4.57. The van der Waals surface area contributed by atoms with Crippen molar-refractivity contribution in [3.05, 3.63) is 17.5 Å². The van der Waals surface area contributed by atoms with Crippen LogP contribution in [0, 0.1) is 0 Å². The molecule has 0 radical (unpaired) electrons. The summed E-state index contributed by atoms with van der Waals surface area (Å²) in [6.45, 7) is 7.69. The number of likely N-dealkylation sites (N-methyl/N-ethyl adjacent to an activating group) is 2. The van der Waals surface area contributed by atoms with Crippen LogP contribution in [-0.4, -0.2) is 61.3 Å². The number of nitrogens with zero attached hydrogens (tertiary/aromatic N) is 3. The third-order valence-electron chi connectivity index (χ3n) is 2.73. The quantitative estimate of drug-likeness (QED) is 0.662. The Hall–Kier alpha value is -1.40. The molecule has 19 heavy (non-hydrogen) atoms. The van der Waals surface area contributed by atoms with E-state index in [1.807, 2.05) is 14.1 Å². The maximum Gasteiger partial charge on any atom is 0.360 e. The lowest BCUT2D eigenvalue weighted by Gasteiger charge is -2.20. The van der Waals surface area contributed by atoms with Crippen molar-refractivity contribution in [2.75, 3.05) is 40.3 Å². The summed E-state index contributed by atoms with van der Waals surface area (Å²) in [5.41, 5.74) is 0.237. The number of carbonyl (C=O) groups excluding carboxylic acids is 1. The fourth-order valence-corrected chi connectivity index (χ4v) is 1.60. The Morgan fingerprint density at radius 2 is 2.11 bits per heavy atom. The molecule has 0 atom stereocenters. The van der Waals surface area contributed by atoms with Gasteiger partial charge in [0, 0.05) is 19.2 Å². The number of esters is 1. The zero-order chi connectivity index (χ0) is 14.3. The summed E-state index contributed by atoms with van der Waals surface area (Å²) >= 11 is 0. The number of aromatic nitrogens is 1. The molecule has 1 heterocycles. The van der Waals surface area contributed by atoms with Crippen LogP contribution < -0.4 is 0 Å². The van der Waals surface area contributed by atoms with Crippen molar-refractivity contribution < 1.29 is 14.1 Å². The molecule has 0 spiro atoms. The molecule has 0 aliphatic rings.